The maximum absolute atomic E-state index is 14.0. The van der Waals surface area contributed by atoms with Crippen molar-refractivity contribution in [3.8, 4) is 0 Å². The maximum Gasteiger partial charge on any atom is 0.272 e. The Bertz CT molecular complexity index is 736. The number of rotatable bonds is 4. The van der Waals surface area contributed by atoms with Gasteiger partial charge in [0.25, 0.3) is 5.91 Å². The molecule has 0 radical (unpaired) electrons. The van der Waals surface area contributed by atoms with Crippen LogP contribution in [0, 0.1) is 17.5 Å². The van der Waals surface area contributed by atoms with E-state index in [4.69, 9.17) is 11.6 Å². The van der Waals surface area contributed by atoms with Crippen LogP contribution in [0.25, 0.3) is 0 Å². The van der Waals surface area contributed by atoms with E-state index in [1.54, 1.807) is 4.31 Å². The summed E-state index contributed by atoms with van der Waals surface area (Å²) in [6.07, 6.45) is 2.35. The lowest BCUT2D eigenvalue weighted by atomic mass is 10.2. The molecule has 2 heterocycles. The van der Waals surface area contributed by atoms with Crippen LogP contribution in [0.3, 0.4) is 0 Å². The molecule has 3 rings (SSSR count). The molecule has 5 N–H and O–H groups in total. The van der Waals surface area contributed by atoms with Gasteiger partial charge in [0.15, 0.2) is 17.5 Å². The quantitative estimate of drug-likeness (QED) is 0.221. The van der Waals surface area contributed by atoms with E-state index in [9.17, 15) is 22.5 Å². The molecule has 3 unspecified atom stereocenters. The zero-order valence-electron chi connectivity index (χ0n) is 13.6. The topological polar surface area (TPSA) is 111 Å². The molecule has 1 aromatic rings. The first-order valence-electron chi connectivity index (χ1n) is 7.90. The largest absolute Gasteiger partial charge is 0.593 e. The number of carbonyl (C=O) groups excluding carboxylic acids is 1. The van der Waals surface area contributed by atoms with Gasteiger partial charge in [0, 0.05) is 31.4 Å². The zero-order valence-corrected chi connectivity index (χ0v) is 14.4. The number of fused-ring (bicyclic) bond motifs is 2. The third-order valence-electron chi connectivity index (χ3n) is 4.61. The predicted octanol–water partition coefficient (Wildman–Crippen LogP) is 0.0651. The Kier molecular flexibility index (Phi) is 5.32. The predicted molar refractivity (Wildman–Crippen MR) is 87.5 cm³/mol. The fourth-order valence-electron chi connectivity index (χ4n) is 3.40. The molecule has 3 atom stereocenters. The van der Waals surface area contributed by atoms with Crippen molar-refractivity contribution in [3.05, 3.63) is 41.5 Å². The summed E-state index contributed by atoms with van der Waals surface area (Å²) >= 11 is -2.01. The minimum Gasteiger partial charge on any atom is -0.593 e. The van der Waals surface area contributed by atoms with E-state index in [0.717, 1.165) is 6.20 Å². The van der Waals surface area contributed by atoms with E-state index in [1.807, 2.05) is 0 Å². The van der Waals surface area contributed by atoms with Crippen molar-refractivity contribution in [1.29, 1.82) is 0 Å². The van der Waals surface area contributed by atoms with Crippen molar-refractivity contribution in [2.24, 2.45) is 11.6 Å². The van der Waals surface area contributed by atoms with Crippen molar-refractivity contribution in [1.82, 2.24) is 14.6 Å². The lowest BCUT2D eigenvalue weighted by molar-refractivity contribution is -0.129. The highest BCUT2D eigenvalue weighted by Crippen LogP contribution is 2.36. The number of hydrogen-bond donors (Lipinski definition) is 3. The van der Waals surface area contributed by atoms with E-state index in [2.05, 4.69) is 5.43 Å². The Labute approximate surface area is 151 Å². The molecule has 2 aliphatic heterocycles. The molecular weight excluding hydrogens is 371 g/mol. The number of nitrogens with one attached hydrogen (secondary N) is 1. The summed E-state index contributed by atoms with van der Waals surface area (Å²) in [5, 5.41) is 0. The first-order valence-corrected chi connectivity index (χ1v) is 9.00. The smallest absolute Gasteiger partial charge is 0.272 e. The summed E-state index contributed by atoms with van der Waals surface area (Å²) in [6.45, 7) is 0.483. The van der Waals surface area contributed by atoms with Gasteiger partial charge in [-0.25, -0.2) is 13.2 Å². The second-order valence-electron chi connectivity index (χ2n) is 6.13. The average Bonchev–Trinajstić information content (AvgIpc) is 2.88. The highest BCUT2D eigenvalue weighted by atomic mass is 32.2. The Balaban J connectivity index is 1.80. The van der Waals surface area contributed by atoms with Crippen molar-refractivity contribution < 1.29 is 22.5 Å². The Hall–Kier alpha value is -1.95. The Morgan fingerprint density at radius 3 is 2.31 bits per heavy atom. The first kappa shape index (κ1) is 18.8. The second-order valence-corrected chi connectivity index (χ2v) is 7.49. The van der Waals surface area contributed by atoms with Crippen LogP contribution in [0.5, 0.6) is 0 Å². The van der Waals surface area contributed by atoms with Gasteiger partial charge in [-0.3, -0.25) is 10.6 Å². The van der Waals surface area contributed by atoms with Crippen LogP contribution in [0.4, 0.5) is 13.2 Å². The van der Waals surface area contributed by atoms with Crippen LogP contribution in [-0.2, 0) is 16.2 Å². The number of benzene rings is 1. The van der Waals surface area contributed by atoms with Gasteiger partial charge in [-0.05, 0) is 12.8 Å². The molecule has 26 heavy (non-hydrogen) atoms. The van der Waals surface area contributed by atoms with Gasteiger partial charge in [-0.2, -0.15) is 0 Å². The lowest BCUT2D eigenvalue weighted by Crippen LogP contribution is -2.58. The highest BCUT2D eigenvalue weighted by Gasteiger charge is 2.49. The van der Waals surface area contributed by atoms with Crippen molar-refractivity contribution in [3.63, 3.8) is 0 Å². The molecule has 7 nitrogen and oxygen atoms in total. The number of halogens is 3. The minimum absolute atomic E-state index is 0.0330. The summed E-state index contributed by atoms with van der Waals surface area (Å²) in [5.74, 6) is 1.20. The van der Waals surface area contributed by atoms with E-state index < -0.39 is 39.6 Å². The molecule has 2 aliphatic rings. The SMILES string of the molecule is N/C=C(\NN)C(=O)N1CC2CCC(C1)N2[S+]([O-])c1cc(F)c(F)cc1F. The number of nitrogens with zero attached hydrogens (tertiary/aromatic N) is 2. The van der Waals surface area contributed by atoms with Gasteiger partial charge >= 0.3 is 0 Å². The van der Waals surface area contributed by atoms with E-state index in [-0.39, 0.29) is 30.9 Å². The second kappa shape index (κ2) is 7.35. The number of piperazine rings is 1. The van der Waals surface area contributed by atoms with Crippen molar-refractivity contribution in [2.75, 3.05) is 13.1 Å². The average molecular weight is 389 g/mol. The van der Waals surface area contributed by atoms with E-state index in [0.29, 0.717) is 25.0 Å². The summed E-state index contributed by atoms with van der Waals surface area (Å²) < 4.78 is 54.9. The molecule has 1 aromatic carbocycles. The van der Waals surface area contributed by atoms with Crippen LogP contribution in [0.1, 0.15) is 12.8 Å². The number of amides is 1. The zero-order chi connectivity index (χ0) is 19.0. The van der Waals surface area contributed by atoms with Crippen LogP contribution < -0.4 is 17.0 Å². The third kappa shape index (κ3) is 3.22. The molecule has 2 bridgehead atoms. The van der Waals surface area contributed by atoms with Gasteiger partial charge in [0.1, 0.15) is 5.70 Å². The molecule has 2 fully saturated rings. The fraction of sp³-hybridized carbons (Fsp3) is 0.400. The summed E-state index contributed by atoms with van der Waals surface area (Å²) in [5.41, 5.74) is 7.61. The van der Waals surface area contributed by atoms with Crippen LogP contribution in [0.15, 0.2) is 28.9 Å². The number of nitrogens with two attached hydrogens (primary N) is 2. The fourth-order valence-corrected chi connectivity index (χ4v) is 4.95. The van der Waals surface area contributed by atoms with Gasteiger partial charge < -0.3 is 20.6 Å². The van der Waals surface area contributed by atoms with Gasteiger partial charge in [-0.1, -0.05) is 0 Å². The van der Waals surface area contributed by atoms with Crippen LogP contribution in [-0.4, -0.2) is 44.8 Å². The summed E-state index contributed by atoms with van der Waals surface area (Å²) in [7, 11) is 0. The third-order valence-corrected chi connectivity index (χ3v) is 6.28. The molecule has 0 spiro atoms. The number of carbonyl (C=O) groups is 1. The summed E-state index contributed by atoms with van der Waals surface area (Å²) in [4.78, 5) is 13.5. The molecular formula is C15H18F3N5O2S. The van der Waals surface area contributed by atoms with Crippen molar-refractivity contribution in [2.45, 2.75) is 29.8 Å². The number of hydrogen-bond acceptors (Lipinski definition) is 6. The molecule has 11 heteroatoms. The van der Waals surface area contributed by atoms with E-state index in [1.165, 1.54) is 4.90 Å². The monoisotopic (exact) mass is 389 g/mol. The standard InChI is InChI=1S/C15H18F3N5O2S/c16-10-3-12(18)14(4-11(10)17)26(25)23-8-1-2-9(23)7-22(6-8)15(24)13(5-19)21-20/h3-5,8-9,21H,1-2,6-7,19-20H2/b13-5-. The maximum atomic E-state index is 14.0. The van der Waals surface area contributed by atoms with Crippen molar-refractivity contribution >= 4 is 17.3 Å². The molecule has 142 valence electrons. The van der Waals surface area contributed by atoms with Gasteiger partial charge in [-0.15, -0.1) is 4.31 Å². The molecule has 2 saturated heterocycles. The van der Waals surface area contributed by atoms with Crippen LogP contribution >= 0.6 is 0 Å². The Morgan fingerprint density at radius 2 is 1.77 bits per heavy atom. The molecule has 1 amide bonds. The molecule has 0 saturated carbocycles. The summed E-state index contributed by atoms with van der Waals surface area (Å²) in [6, 6.07) is 0.395. The lowest BCUT2D eigenvalue weighted by Gasteiger charge is -2.39. The minimum atomic E-state index is -2.01. The number of hydrazine groups is 1. The highest BCUT2D eigenvalue weighted by molar-refractivity contribution is 7.89. The van der Waals surface area contributed by atoms with E-state index >= 15 is 0 Å². The van der Waals surface area contributed by atoms with Crippen LogP contribution in [0.2, 0.25) is 0 Å². The molecule has 0 aromatic heterocycles. The number of likely N-dealkylation sites (tertiary alicyclic amines) is 1. The first-order chi connectivity index (χ1) is 12.4. The normalized spacial score (nSPS) is 24.7. The molecule has 0 aliphatic carbocycles. The van der Waals surface area contributed by atoms with Gasteiger partial charge in [0.05, 0.1) is 23.4 Å². The van der Waals surface area contributed by atoms with Gasteiger partial charge in [0.2, 0.25) is 4.90 Å². The Morgan fingerprint density at radius 1 is 1.19 bits per heavy atom.